The van der Waals surface area contributed by atoms with E-state index in [9.17, 15) is 39.4 Å². The van der Waals surface area contributed by atoms with Crippen LogP contribution in [0, 0.1) is 20.2 Å². The van der Waals surface area contributed by atoms with E-state index in [4.69, 9.17) is 10.2 Å². The number of nitrogens with zero attached hydrogens (tertiary/aromatic N) is 10. The molecule has 0 saturated carbocycles. The summed E-state index contributed by atoms with van der Waals surface area (Å²) in [6.45, 7) is 0.334. The lowest BCUT2D eigenvalue weighted by atomic mass is 10.2. The second kappa shape index (κ2) is 21.0. The number of hydrogen-bond donors (Lipinski definition) is 6. The summed E-state index contributed by atoms with van der Waals surface area (Å²) in [7, 11) is 0. The Morgan fingerprint density at radius 2 is 1.08 bits per heavy atom. The Bertz CT molecular complexity index is 2440. The van der Waals surface area contributed by atoms with Gasteiger partial charge in [-0.25, -0.2) is 19.3 Å². The van der Waals surface area contributed by atoms with Gasteiger partial charge in [-0.1, -0.05) is 35.7 Å². The zero-order valence-electron chi connectivity index (χ0n) is 31.7. The first-order valence-corrected chi connectivity index (χ1v) is 21.6. The summed E-state index contributed by atoms with van der Waals surface area (Å²) in [6.07, 6.45) is -0.0115. The Morgan fingerprint density at radius 1 is 0.661 bits per heavy atom. The van der Waals surface area contributed by atoms with Crippen LogP contribution in [0.5, 0.6) is 0 Å². The first-order chi connectivity index (χ1) is 29.8. The summed E-state index contributed by atoms with van der Waals surface area (Å²) in [5.41, 5.74) is 5.99. The highest BCUT2D eigenvalue weighted by Crippen LogP contribution is 2.26. The summed E-state index contributed by atoms with van der Waals surface area (Å²) in [5.74, 6) is -2.06. The van der Waals surface area contributed by atoms with E-state index in [1.54, 1.807) is 10.8 Å². The molecule has 6 rings (SSSR count). The average molecular weight is 925 g/mol. The van der Waals surface area contributed by atoms with Gasteiger partial charge in [0.15, 0.2) is 21.9 Å². The van der Waals surface area contributed by atoms with Crippen LogP contribution in [0.1, 0.15) is 56.6 Å². The van der Waals surface area contributed by atoms with E-state index in [1.807, 2.05) is 0 Å². The van der Waals surface area contributed by atoms with Crippen LogP contribution in [0.25, 0.3) is 0 Å². The minimum atomic E-state index is -0.964. The molecule has 0 unspecified atom stereocenters. The molecule has 2 amide bonds. The van der Waals surface area contributed by atoms with Gasteiger partial charge in [0.25, 0.3) is 23.2 Å². The number of thioether (sulfide) groups is 2. The molecule has 24 nitrogen and oxygen atoms in total. The minimum absolute atomic E-state index is 0.00884. The lowest BCUT2D eigenvalue weighted by molar-refractivity contribution is -0.385. The van der Waals surface area contributed by atoms with Crippen molar-refractivity contribution in [3.63, 3.8) is 0 Å². The fourth-order valence-electron chi connectivity index (χ4n) is 5.18. The number of carboxylic acid groups (broad SMARTS) is 2. The number of carbonyl (C=O) groups excluding carboxylic acids is 2. The molecule has 0 aliphatic heterocycles. The van der Waals surface area contributed by atoms with Gasteiger partial charge in [-0.3, -0.25) is 50.3 Å². The Morgan fingerprint density at radius 3 is 1.47 bits per heavy atom. The topological polar surface area (TPSA) is 330 Å². The zero-order valence-corrected chi connectivity index (χ0v) is 35.0. The zero-order chi connectivity index (χ0) is 44.2. The molecule has 62 heavy (non-hydrogen) atoms. The summed E-state index contributed by atoms with van der Waals surface area (Å²) in [4.78, 5) is 79.1. The number of nitro groups is 2. The van der Waals surface area contributed by atoms with Crippen molar-refractivity contribution in [1.82, 2.24) is 39.7 Å². The number of aliphatic carboxylic acids is 2. The molecule has 28 heteroatoms. The van der Waals surface area contributed by atoms with Crippen molar-refractivity contribution in [3.8, 4) is 0 Å². The molecular formula is C34H32N14O10S4. The molecular weight excluding hydrogens is 893 g/mol. The number of thiazole rings is 2. The van der Waals surface area contributed by atoms with E-state index in [-0.39, 0.29) is 83.2 Å². The van der Waals surface area contributed by atoms with E-state index in [0.29, 0.717) is 33.2 Å². The minimum Gasteiger partial charge on any atom is -0.481 e. The van der Waals surface area contributed by atoms with Crippen molar-refractivity contribution >= 4 is 91.6 Å². The Kier molecular flexibility index (Phi) is 15.1. The molecule has 0 spiro atoms. The average Bonchev–Trinajstić information content (AvgIpc) is 4.06. The van der Waals surface area contributed by atoms with Crippen molar-refractivity contribution < 1.29 is 39.2 Å². The molecule has 0 aliphatic rings. The molecule has 322 valence electrons. The van der Waals surface area contributed by atoms with Gasteiger partial charge in [0.05, 0.1) is 46.9 Å². The summed E-state index contributed by atoms with van der Waals surface area (Å²) < 4.78 is 2.71. The third-order valence-corrected chi connectivity index (χ3v) is 11.8. The molecule has 6 N–H and O–H groups in total. The highest BCUT2D eigenvalue weighted by molar-refractivity contribution is 8.02. The number of nitro benzene ring substituents is 2. The van der Waals surface area contributed by atoms with E-state index in [0.717, 1.165) is 12.1 Å². The van der Waals surface area contributed by atoms with Crippen molar-refractivity contribution in [2.24, 2.45) is 0 Å². The van der Waals surface area contributed by atoms with Gasteiger partial charge in [0, 0.05) is 70.7 Å². The Balaban J connectivity index is 1.19. The third kappa shape index (κ3) is 12.3. The fraction of sp³-hybridized carbons (Fsp3) is 0.235. The molecule has 4 heterocycles. The first kappa shape index (κ1) is 44.5. The second-order valence-corrected chi connectivity index (χ2v) is 16.3. The monoisotopic (exact) mass is 924 g/mol. The van der Waals surface area contributed by atoms with Crippen molar-refractivity contribution in [1.29, 1.82) is 0 Å². The summed E-state index contributed by atoms with van der Waals surface area (Å²) in [6, 6.07) is 10.4. The molecule has 4 aromatic heterocycles. The van der Waals surface area contributed by atoms with Crippen LogP contribution in [-0.4, -0.2) is 108 Å². The molecule has 0 aliphatic carbocycles. The standard InChI is InChI=1S/C34H32N14O10S4/c49-27(50)7-9-35-31-37-21(17-61-31)15-25-39-41-33(45(25)43-29(53)19-3-1-5-23(13-19)47(55)56)59-11-12-60-34-42-40-26(16-22-18-62-32(38-22)36-10-8-28(51)52)46(34)44-30(54)20-4-2-6-24(14-20)48(57)58/h1-6,13-14,17-18H,7-12,15-16H2,(H,35,37)(H,36,38)(H,43,53)(H,44,54)(H,49,50)(H,51,52). The number of amides is 2. The molecule has 2 aromatic carbocycles. The highest BCUT2D eigenvalue weighted by atomic mass is 32.2. The smallest absolute Gasteiger partial charge is 0.305 e. The number of rotatable bonds is 23. The Labute approximate surface area is 364 Å². The van der Waals surface area contributed by atoms with Gasteiger partial charge in [-0.15, -0.1) is 43.1 Å². The fourth-order valence-corrected chi connectivity index (χ4v) is 8.44. The SMILES string of the molecule is O=C(O)CCNc1nc(Cc2nnc(SCCSc3nnc(Cc4csc(NCCC(=O)O)n4)n3NC(=O)c3cccc([N+](=O)[O-])c3)n2NC(=O)c2cccc([N+](=O)[O-])c2)cs1. The largest absolute Gasteiger partial charge is 0.481 e. The maximum atomic E-state index is 13.4. The molecule has 6 aromatic rings. The van der Waals surface area contributed by atoms with E-state index in [1.165, 1.54) is 91.9 Å². The number of benzene rings is 2. The number of anilines is 2. The van der Waals surface area contributed by atoms with Crippen molar-refractivity contribution in [2.75, 3.05) is 46.1 Å². The number of carbonyl (C=O) groups is 4. The maximum absolute atomic E-state index is 13.4. The second-order valence-electron chi connectivity index (χ2n) is 12.4. The molecule has 0 saturated heterocycles. The van der Waals surface area contributed by atoms with Gasteiger partial charge in [-0.2, -0.15) is 0 Å². The molecule has 0 atom stereocenters. The number of carboxylic acids is 2. The van der Waals surface area contributed by atoms with Crippen LogP contribution < -0.4 is 21.5 Å². The third-order valence-electron chi connectivity index (χ3n) is 8.02. The van der Waals surface area contributed by atoms with Gasteiger partial charge in [-0.05, 0) is 12.1 Å². The summed E-state index contributed by atoms with van der Waals surface area (Å²) >= 11 is 4.91. The molecule has 0 fully saturated rings. The summed E-state index contributed by atoms with van der Waals surface area (Å²) in [5, 5.41) is 68.6. The van der Waals surface area contributed by atoms with Crippen LogP contribution in [0.15, 0.2) is 69.6 Å². The van der Waals surface area contributed by atoms with Crippen molar-refractivity contribution in [2.45, 2.75) is 36.0 Å². The number of hydrogen-bond acceptors (Lipinski definition) is 20. The normalized spacial score (nSPS) is 10.9. The lowest BCUT2D eigenvalue weighted by Gasteiger charge is -2.12. The predicted octanol–water partition coefficient (Wildman–Crippen LogP) is 4.21. The maximum Gasteiger partial charge on any atom is 0.305 e. The van der Waals surface area contributed by atoms with Crippen LogP contribution in [0.2, 0.25) is 0 Å². The lowest BCUT2D eigenvalue weighted by Crippen LogP contribution is -2.26. The van der Waals surface area contributed by atoms with Crippen molar-refractivity contribution in [3.05, 3.63) is 114 Å². The van der Waals surface area contributed by atoms with Crippen LogP contribution in [-0.2, 0) is 22.4 Å². The van der Waals surface area contributed by atoms with Crippen LogP contribution in [0.3, 0.4) is 0 Å². The van der Waals surface area contributed by atoms with Gasteiger partial charge >= 0.3 is 11.9 Å². The molecule has 0 bridgehead atoms. The highest BCUT2D eigenvalue weighted by Gasteiger charge is 2.22. The van der Waals surface area contributed by atoms with Gasteiger partial charge in [0.1, 0.15) is 0 Å². The van der Waals surface area contributed by atoms with Crippen LogP contribution in [0.4, 0.5) is 21.6 Å². The number of aromatic nitrogens is 8. The Hall–Kier alpha value is -7.04. The van der Waals surface area contributed by atoms with E-state index < -0.39 is 33.6 Å². The van der Waals surface area contributed by atoms with Crippen LogP contribution >= 0.6 is 46.2 Å². The quantitative estimate of drug-likeness (QED) is 0.0227. The van der Waals surface area contributed by atoms with Gasteiger partial charge in [0.2, 0.25) is 10.3 Å². The number of non-ortho nitro benzene ring substituents is 2. The first-order valence-electron chi connectivity index (χ1n) is 17.9. The predicted molar refractivity (Wildman–Crippen MR) is 226 cm³/mol. The van der Waals surface area contributed by atoms with E-state index in [2.05, 4.69) is 51.8 Å². The van der Waals surface area contributed by atoms with E-state index >= 15 is 0 Å². The molecule has 0 radical (unpaired) electrons. The van der Waals surface area contributed by atoms with Gasteiger partial charge < -0.3 is 20.8 Å². The number of nitrogens with one attached hydrogen (secondary N) is 4.